The van der Waals surface area contributed by atoms with Crippen LogP contribution in [0, 0.1) is 6.92 Å². The molecule has 1 aliphatic rings. The number of aromatic nitrogens is 3. The summed E-state index contributed by atoms with van der Waals surface area (Å²) in [5, 5.41) is 16.2. The molecular weight excluding hydrogens is 359 g/mol. The van der Waals surface area contributed by atoms with Crippen LogP contribution in [-0.4, -0.2) is 26.8 Å². The first-order valence-corrected chi connectivity index (χ1v) is 9.07. The highest BCUT2D eigenvalue weighted by molar-refractivity contribution is 6.42. The van der Waals surface area contributed by atoms with Crippen LogP contribution in [0.25, 0.3) is 0 Å². The Morgan fingerprint density at radius 3 is 2.68 bits per heavy atom. The second-order valence-electron chi connectivity index (χ2n) is 6.35. The van der Waals surface area contributed by atoms with E-state index in [0.29, 0.717) is 22.6 Å². The summed E-state index contributed by atoms with van der Waals surface area (Å²) in [6.07, 6.45) is 2.34. The highest BCUT2D eigenvalue weighted by Gasteiger charge is 2.23. The summed E-state index contributed by atoms with van der Waals surface area (Å²) in [5.74, 6) is 2.47. The minimum Gasteiger partial charge on any atom is -0.354 e. The van der Waals surface area contributed by atoms with Gasteiger partial charge in [-0.1, -0.05) is 29.3 Å². The monoisotopic (exact) mass is 380 g/mol. The maximum absolute atomic E-state index is 6.13. The number of hydrogen-bond acceptors (Lipinski definition) is 3. The second-order valence-corrected chi connectivity index (χ2v) is 7.16. The van der Waals surface area contributed by atoms with Crippen LogP contribution in [-0.2, 0) is 13.6 Å². The van der Waals surface area contributed by atoms with Crippen LogP contribution in [0.4, 0.5) is 0 Å². The third-order valence-corrected chi connectivity index (χ3v) is 5.02. The van der Waals surface area contributed by atoms with E-state index in [1.165, 1.54) is 12.8 Å². The summed E-state index contributed by atoms with van der Waals surface area (Å²) < 4.78 is 1.95. The summed E-state index contributed by atoms with van der Waals surface area (Å²) >= 11 is 12.1. The van der Waals surface area contributed by atoms with Gasteiger partial charge in [-0.05, 0) is 44.4 Å². The number of aryl methyl sites for hydroxylation is 1. The minimum absolute atomic E-state index is 0.0426. The SMILES string of the molecule is Cc1nnc(CN=C(NC2CC2)NC(C)c2ccc(Cl)c(Cl)c2)n1C. The topological polar surface area (TPSA) is 67.1 Å². The Morgan fingerprint density at radius 2 is 2.08 bits per heavy atom. The van der Waals surface area contributed by atoms with Gasteiger partial charge in [-0.15, -0.1) is 10.2 Å². The summed E-state index contributed by atoms with van der Waals surface area (Å²) in [6.45, 7) is 4.46. The van der Waals surface area contributed by atoms with Gasteiger partial charge in [0.1, 0.15) is 12.4 Å². The summed E-state index contributed by atoms with van der Waals surface area (Å²) in [6, 6.07) is 6.19. The largest absolute Gasteiger partial charge is 0.354 e. The summed E-state index contributed by atoms with van der Waals surface area (Å²) in [5.41, 5.74) is 1.05. The molecule has 25 heavy (non-hydrogen) atoms. The van der Waals surface area contributed by atoms with Gasteiger partial charge in [0.25, 0.3) is 0 Å². The van der Waals surface area contributed by atoms with Crippen LogP contribution < -0.4 is 10.6 Å². The van der Waals surface area contributed by atoms with Crippen molar-refractivity contribution >= 4 is 29.2 Å². The van der Waals surface area contributed by atoms with E-state index >= 15 is 0 Å². The van der Waals surface area contributed by atoms with Crippen LogP contribution >= 0.6 is 23.2 Å². The maximum Gasteiger partial charge on any atom is 0.192 e. The van der Waals surface area contributed by atoms with Crippen molar-refractivity contribution < 1.29 is 0 Å². The van der Waals surface area contributed by atoms with Crippen LogP contribution in [0.3, 0.4) is 0 Å². The van der Waals surface area contributed by atoms with Gasteiger partial charge >= 0.3 is 0 Å². The van der Waals surface area contributed by atoms with Crippen molar-refractivity contribution in [3.8, 4) is 0 Å². The third-order valence-electron chi connectivity index (χ3n) is 4.28. The highest BCUT2D eigenvalue weighted by Crippen LogP contribution is 2.25. The molecule has 3 rings (SSSR count). The molecule has 8 heteroatoms. The molecule has 0 aliphatic heterocycles. The minimum atomic E-state index is 0.0426. The van der Waals surface area contributed by atoms with Gasteiger partial charge in [0, 0.05) is 13.1 Å². The van der Waals surface area contributed by atoms with E-state index in [2.05, 4.69) is 32.7 Å². The van der Waals surface area contributed by atoms with Crippen molar-refractivity contribution in [1.29, 1.82) is 0 Å². The molecule has 1 aromatic carbocycles. The van der Waals surface area contributed by atoms with E-state index < -0.39 is 0 Å². The van der Waals surface area contributed by atoms with Crippen molar-refractivity contribution in [3.05, 3.63) is 45.5 Å². The number of rotatable bonds is 5. The van der Waals surface area contributed by atoms with Gasteiger partial charge in [0.2, 0.25) is 0 Å². The Labute approximate surface area is 157 Å². The zero-order valence-electron chi connectivity index (χ0n) is 14.6. The van der Waals surface area contributed by atoms with Crippen molar-refractivity contribution in [2.45, 2.75) is 45.3 Å². The molecule has 1 heterocycles. The molecule has 2 N–H and O–H groups in total. The fraction of sp³-hybridized carbons (Fsp3) is 0.471. The van der Waals surface area contributed by atoms with E-state index in [0.717, 1.165) is 23.2 Å². The number of guanidine groups is 1. The Morgan fingerprint density at radius 1 is 1.32 bits per heavy atom. The summed E-state index contributed by atoms with van der Waals surface area (Å²) in [4.78, 5) is 4.67. The van der Waals surface area contributed by atoms with Crippen LogP contribution in [0.15, 0.2) is 23.2 Å². The molecule has 134 valence electrons. The zero-order valence-corrected chi connectivity index (χ0v) is 16.1. The molecule has 1 atom stereocenters. The first-order valence-electron chi connectivity index (χ1n) is 8.31. The van der Waals surface area contributed by atoms with Crippen molar-refractivity contribution in [3.63, 3.8) is 0 Å². The molecule has 1 saturated carbocycles. The molecule has 2 aromatic rings. The lowest BCUT2D eigenvalue weighted by atomic mass is 10.1. The number of nitrogens with one attached hydrogen (secondary N) is 2. The molecule has 6 nitrogen and oxygen atoms in total. The molecule has 1 aromatic heterocycles. The van der Waals surface area contributed by atoms with Gasteiger partial charge in [0.05, 0.1) is 16.1 Å². The number of aliphatic imine (C=N–C) groups is 1. The average Bonchev–Trinajstić information content (AvgIpc) is 3.34. The lowest BCUT2D eigenvalue weighted by Crippen LogP contribution is -2.40. The Hall–Kier alpha value is -1.79. The lowest BCUT2D eigenvalue weighted by Gasteiger charge is -2.19. The number of nitrogens with zero attached hydrogens (tertiary/aromatic N) is 4. The summed E-state index contributed by atoms with van der Waals surface area (Å²) in [7, 11) is 1.94. The molecule has 0 radical (unpaired) electrons. The van der Waals surface area contributed by atoms with E-state index in [1.807, 2.05) is 36.7 Å². The number of hydrogen-bond donors (Lipinski definition) is 2. The van der Waals surface area contributed by atoms with Crippen LogP contribution in [0.1, 0.15) is 43.0 Å². The first kappa shape index (κ1) is 18.0. The fourth-order valence-electron chi connectivity index (χ4n) is 2.36. The quantitative estimate of drug-likeness (QED) is 0.616. The van der Waals surface area contributed by atoms with Crippen molar-refractivity contribution in [1.82, 2.24) is 25.4 Å². The molecule has 1 fully saturated rings. The van der Waals surface area contributed by atoms with E-state index in [-0.39, 0.29) is 6.04 Å². The Kier molecular flexibility index (Phi) is 5.49. The standard InChI is InChI=1S/C17H22Cl2N6/c1-10(12-4-7-14(18)15(19)8-12)21-17(22-13-5-6-13)20-9-16-24-23-11(2)25(16)3/h4,7-8,10,13H,5-6,9H2,1-3H3,(H2,20,21,22). The number of benzene rings is 1. The van der Waals surface area contributed by atoms with Gasteiger partial charge in [-0.2, -0.15) is 0 Å². The van der Waals surface area contributed by atoms with E-state index in [4.69, 9.17) is 23.2 Å². The van der Waals surface area contributed by atoms with E-state index in [1.54, 1.807) is 0 Å². The first-order chi connectivity index (χ1) is 11.9. The molecule has 0 spiro atoms. The normalized spacial score (nSPS) is 16.0. The van der Waals surface area contributed by atoms with Crippen LogP contribution in [0.2, 0.25) is 10.0 Å². The van der Waals surface area contributed by atoms with Gasteiger partial charge in [-0.25, -0.2) is 4.99 Å². The Balaban J connectivity index is 1.72. The highest BCUT2D eigenvalue weighted by atomic mass is 35.5. The van der Waals surface area contributed by atoms with Crippen molar-refractivity contribution in [2.24, 2.45) is 12.0 Å². The average molecular weight is 381 g/mol. The van der Waals surface area contributed by atoms with Crippen molar-refractivity contribution in [2.75, 3.05) is 0 Å². The molecule has 0 amide bonds. The molecular formula is C17H22Cl2N6. The lowest BCUT2D eigenvalue weighted by molar-refractivity contribution is 0.675. The van der Waals surface area contributed by atoms with E-state index in [9.17, 15) is 0 Å². The zero-order chi connectivity index (χ0) is 18.0. The second kappa shape index (κ2) is 7.62. The molecule has 0 saturated heterocycles. The molecule has 1 unspecified atom stereocenters. The van der Waals surface area contributed by atoms with Gasteiger partial charge in [0.15, 0.2) is 11.8 Å². The number of halogens is 2. The van der Waals surface area contributed by atoms with Gasteiger partial charge in [-0.3, -0.25) is 0 Å². The smallest absolute Gasteiger partial charge is 0.192 e. The molecule has 1 aliphatic carbocycles. The Bertz CT molecular complexity index is 781. The maximum atomic E-state index is 6.13. The predicted octanol–water partition coefficient (Wildman–Crippen LogP) is 3.39. The molecule has 0 bridgehead atoms. The predicted molar refractivity (Wildman–Crippen MR) is 101 cm³/mol. The fourth-order valence-corrected chi connectivity index (χ4v) is 2.67. The van der Waals surface area contributed by atoms with Crippen LogP contribution in [0.5, 0.6) is 0 Å². The third kappa shape index (κ3) is 4.64. The van der Waals surface area contributed by atoms with Gasteiger partial charge < -0.3 is 15.2 Å².